The Balaban J connectivity index is 3.58. The summed E-state index contributed by atoms with van der Waals surface area (Å²) in [6, 6.07) is 0. The molecule has 0 aromatic rings. The van der Waals surface area contributed by atoms with Crippen molar-refractivity contribution in [2.75, 3.05) is 6.61 Å². The van der Waals surface area contributed by atoms with Crippen LogP contribution in [0.4, 0.5) is 0 Å². The van der Waals surface area contributed by atoms with E-state index in [1.54, 1.807) is 6.92 Å². The summed E-state index contributed by atoms with van der Waals surface area (Å²) in [4.78, 5) is 17.1. The van der Waals surface area contributed by atoms with E-state index in [4.69, 9.17) is 9.79 Å². The van der Waals surface area contributed by atoms with E-state index >= 15 is 0 Å². The lowest BCUT2D eigenvalue weighted by Crippen LogP contribution is -1.76. The zero-order valence-corrected chi connectivity index (χ0v) is 6.73. The van der Waals surface area contributed by atoms with Gasteiger partial charge in [0.1, 0.15) is 0 Å². The first-order valence-corrected chi connectivity index (χ1v) is 5.18. The number of hydrogen-bond donors (Lipinski definition) is 2. The van der Waals surface area contributed by atoms with Crippen LogP contribution in [0.1, 0.15) is 6.92 Å². The molecule has 9 heavy (non-hydrogen) atoms. The van der Waals surface area contributed by atoms with E-state index in [-0.39, 0.29) is 0 Å². The molecule has 0 aromatic heterocycles. The van der Waals surface area contributed by atoms with Crippen LogP contribution in [0.5, 0.6) is 0 Å². The molecule has 54 valence electrons. The molecule has 0 aromatic carbocycles. The van der Waals surface area contributed by atoms with Crippen LogP contribution in [0.3, 0.4) is 0 Å². The largest absolute Gasteiger partial charge is 0.501 e. The van der Waals surface area contributed by atoms with E-state index in [1.165, 1.54) is 6.26 Å². The van der Waals surface area contributed by atoms with Gasteiger partial charge < -0.3 is 14.5 Å². The van der Waals surface area contributed by atoms with Crippen molar-refractivity contribution in [3.63, 3.8) is 0 Å². The molecule has 0 atom stereocenters. The maximum atomic E-state index is 8.56. The van der Waals surface area contributed by atoms with Gasteiger partial charge in [-0.15, -0.1) is 0 Å². The first-order chi connectivity index (χ1) is 4.06. The second-order valence-corrected chi connectivity index (χ2v) is 4.42. The highest BCUT2D eigenvalue weighted by molar-refractivity contribution is 8.10. The third kappa shape index (κ3) is 8.11. The van der Waals surface area contributed by atoms with Crippen LogP contribution >= 0.6 is 6.49 Å². The van der Waals surface area contributed by atoms with Crippen LogP contribution in [0, 0.1) is 0 Å². The first-order valence-electron chi connectivity index (χ1n) is 2.41. The lowest BCUT2D eigenvalue weighted by atomic mass is 10.9. The lowest BCUT2D eigenvalue weighted by Gasteiger charge is -1.97. The fourth-order valence-electron chi connectivity index (χ4n) is 0.219. The van der Waals surface area contributed by atoms with Gasteiger partial charge in [-0.1, -0.05) is 0 Å². The smallest absolute Gasteiger partial charge is 0.210 e. The minimum atomic E-state index is -3.17. The van der Waals surface area contributed by atoms with Gasteiger partial charge in [-0.05, 0) is 18.7 Å². The van der Waals surface area contributed by atoms with Crippen molar-refractivity contribution in [2.45, 2.75) is 6.92 Å². The number of rotatable bonds is 3. The molecule has 0 saturated carbocycles. The molecule has 0 bridgehead atoms. The minimum absolute atomic E-state index is 0.506. The van der Waals surface area contributed by atoms with Crippen molar-refractivity contribution in [3.05, 3.63) is 12.1 Å². The van der Waals surface area contributed by atoms with Crippen LogP contribution in [0.25, 0.3) is 0 Å². The molecule has 0 saturated heterocycles. The SMILES string of the molecule is CCOC=CP(O)(O)=S. The van der Waals surface area contributed by atoms with Crippen molar-refractivity contribution >= 4 is 18.3 Å². The summed E-state index contributed by atoms with van der Waals surface area (Å²) in [5.41, 5.74) is 0. The molecule has 0 heterocycles. The Morgan fingerprint density at radius 2 is 2.22 bits per heavy atom. The minimum Gasteiger partial charge on any atom is -0.501 e. The summed E-state index contributed by atoms with van der Waals surface area (Å²) in [5, 5.41) is 0. The maximum absolute atomic E-state index is 8.56. The molecule has 0 aliphatic heterocycles. The van der Waals surface area contributed by atoms with Gasteiger partial charge in [0.15, 0.2) is 0 Å². The molecule has 3 nitrogen and oxygen atoms in total. The van der Waals surface area contributed by atoms with Gasteiger partial charge >= 0.3 is 0 Å². The molecule has 5 heteroatoms. The summed E-state index contributed by atoms with van der Waals surface area (Å²) in [6.45, 7) is -0.868. The summed E-state index contributed by atoms with van der Waals surface area (Å²) in [6.07, 6.45) is 1.21. The van der Waals surface area contributed by atoms with Crippen molar-refractivity contribution in [1.82, 2.24) is 0 Å². The Hall–Kier alpha value is 0.110. The van der Waals surface area contributed by atoms with Gasteiger partial charge in [0.25, 0.3) is 0 Å². The Morgan fingerprint density at radius 1 is 1.67 bits per heavy atom. The van der Waals surface area contributed by atoms with E-state index in [1.807, 2.05) is 0 Å². The van der Waals surface area contributed by atoms with Crippen molar-refractivity contribution in [3.8, 4) is 0 Å². The van der Waals surface area contributed by atoms with Crippen LogP contribution in [-0.4, -0.2) is 16.4 Å². The second kappa shape index (κ2) is 4.01. The molecular formula is C4H9O3PS. The normalized spacial score (nSPS) is 12.3. The highest BCUT2D eigenvalue weighted by atomic mass is 32.5. The molecular weight excluding hydrogens is 159 g/mol. The van der Waals surface area contributed by atoms with Gasteiger partial charge in [-0.25, -0.2) is 0 Å². The van der Waals surface area contributed by atoms with E-state index in [0.717, 1.165) is 5.82 Å². The number of hydrogen-bond acceptors (Lipinski definition) is 2. The molecule has 0 unspecified atom stereocenters. The fourth-order valence-corrected chi connectivity index (χ4v) is 0.612. The molecule has 0 amide bonds. The molecule has 0 aliphatic carbocycles. The average Bonchev–Trinajstić information content (AvgIpc) is 1.63. The highest BCUT2D eigenvalue weighted by Gasteiger charge is 1.97. The topological polar surface area (TPSA) is 49.7 Å². The van der Waals surface area contributed by atoms with Crippen LogP contribution in [0.15, 0.2) is 12.1 Å². The molecule has 0 spiro atoms. The zero-order chi connectivity index (χ0) is 7.33. The molecule has 0 aliphatic rings. The zero-order valence-electron chi connectivity index (χ0n) is 5.02. The third-order valence-electron chi connectivity index (χ3n) is 0.518. The van der Waals surface area contributed by atoms with Crippen LogP contribution in [-0.2, 0) is 16.5 Å². The van der Waals surface area contributed by atoms with E-state index in [2.05, 4.69) is 16.5 Å². The lowest BCUT2D eigenvalue weighted by molar-refractivity contribution is 0.269. The van der Waals surface area contributed by atoms with Gasteiger partial charge in [0, 0.05) is 5.82 Å². The average molecular weight is 168 g/mol. The van der Waals surface area contributed by atoms with E-state index < -0.39 is 6.49 Å². The highest BCUT2D eigenvalue weighted by Crippen LogP contribution is 2.36. The van der Waals surface area contributed by atoms with Gasteiger partial charge in [-0.3, -0.25) is 0 Å². The molecule has 2 N–H and O–H groups in total. The Bertz CT molecular complexity index is 139. The Kier molecular flexibility index (Phi) is 4.06. The quantitative estimate of drug-likeness (QED) is 0.483. The predicted molar refractivity (Wildman–Crippen MR) is 39.5 cm³/mol. The fraction of sp³-hybridized carbons (Fsp3) is 0.500. The summed E-state index contributed by atoms with van der Waals surface area (Å²) in [5.74, 6) is 1.09. The van der Waals surface area contributed by atoms with E-state index in [9.17, 15) is 0 Å². The Morgan fingerprint density at radius 3 is 2.56 bits per heavy atom. The van der Waals surface area contributed by atoms with Gasteiger partial charge in [-0.2, -0.15) is 0 Å². The third-order valence-corrected chi connectivity index (χ3v) is 1.39. The van der Waals surface area contributed by atoms with Crippen LogP contribution < -0.4 is 0 Å². The second-order valence-electron chi connectivity index (χ2n) is 1.33. The standard InChI is InChI=1S/C4H9O3PS/c1-2-7-3-4-8(5,6)9/h3-4H,2H2,1H3,(H2,5,6,9). The molecule has 0 fully saturated rings. The Labute approximate surface area is 59.1 Å². The first kappa shape index (κ1) is 9.11. The van der Waals surface area contributed by atoms with Crippen LogP contribution in [0.2, 0.25) is 0 Å². The van der Waals surface area contributed by atoms with Gasteiger partial charge in [0.2, 0.25) is 6.49 Å². The predicted octanol–water partition coefficient (Wildman–Crippen LogP) is 0.788. The summed E-state index contributed by atoms with van der Waals surface area (Å²) >= 11 is 4.25. The van der Waals surface area contributed by atoms with Crippen molar-refractivity contribution in [1.29, 1.82) is 0 Å². The monoisotopic (exact) mass is 168 g/mol. The molecule has 0 radical (unpaired) electrons. The van der Waals surface area contributed by atoms with Crippen molar-refractivity contribution in [2.24, 2.45) is 0 Å². The van der Waals surface area contributed by atoms with Crippen molar-refractivity contribution < 1.29 is 14.5 Å². The van der Waals surface area contributed by atoms with Gasteiger partial charge in [0.05, 0.1) is 12.9 Å². The summed E-state index contributed by atoms with van der Waals surface area (Å²) < 4.78 is 4.67. The maximum Gasteiger partial charge on any atom is 0.210 e. The molecule has 0 rings (SSSR count). The number of ether oxygens (including phenoxy) is 1. The van der Waals surface area contributed by atoms with E-state index in [0.29, 0.717) is 6.61 Å². The summed E-state index contributed by atoms with van der Waals surface area (Å²) in [7, 11) is 0.